The fraction of sp³-hybridized carbons (Fsp3) is 0.320. The standard InChI is InChI=1S/C25H28N6O2/c1-32-10-11-33-22-6-9-31-23(18-29-25(31)13-22)20-12-21(17-26-16-20)27-14-19-4-5-24(28-15-19)30-7-2-3-8-30/h4-6,9,12-13,15-18,27H,2-3,7-8,10-11,14H2,1H3. The number of hydrogen-bond donors (Lipinski definition) is 1. The lowest BCUT2D eigenvalue weighted by atomic mass is 10.2. The van der Waals surface area contributed by atoms with Crippen molar-refractivity contribution in [3.63, 3.8) is 0 Å². The Morgan fingerprint density at radius 3 is 2.70 bits per heavy atom. The molecule has 0 amide bonds. The van der Waals surface area contributed by atoms with Crippen LogP contribution in [0.5, 0.6) is 5.75 Å². The Bertz CT molecular complexity index is 1200. The van der Waals surface area contributed by atoms with Gasteiger partial charge in [-0.2, -0.15) is 0 Å². The highest BCUT2D eigenvalue weighted by Crippen LogP contribution is 2.25. The van der Waals surface area contributed by atoms with Gasteiger partial charge in [0.15, 0.2) is 0 Å². The average molecular weight is 445 g/mol. The van der Waals surface area contributed by atoms with E-state index in [1.165, 1.54) is 12.8 Å². The first kappa shape index (κ1) is 21.2. The Balaban J connectivity index is 1.26. The summed E-state index contributed by atoms with van der Waals surface area (Å²) in [7, 11) is 1.66. The molecule has 5 heterocycles. The molecular formula is C25H28N6O2. The summed E-state index contributed by atoms with van der Waals surface area (Å²) in [6, 6.07) is 10.2. The van der Waals surface area contributed by atoms with Crippen LogP contribution in [-0.2, 0) is 11.3 Å². The summed E-state index contributed by atoms with van der Waals surface area (Å²) in [5.74, 6) is 1.84. The van der Waals surface area contributed by atoms with Crippen molar-refractivity contribution < 1.29 is 9.47 Å². The quantitative estimate of drug-likeness (QED) is 0.391. The van der Waals surface area contributed by atoms with Crippen LogP contribution >= 0.6 is 0 Å². The molecule has 0 unspecified atom stereocenters. The van der Waals surface area contributed by atoms with Crippen molar-refractivity contribution in [1.29, 1.82) is 0 Å². The summed E-state index contributed by atoms with van der Waals surface area (Å²) < 4.78 is 12.8. The normalized spacial score (nSPS) is 13.5. The van der Waals surface area contributed by atoms with Crippen LogP contribution in [0.4, 0.5) is 11.5 Å². The van der Waals surface area contributed by atoms with Gasteiger partial charge >= 0.3 is 0 Å². The van der Waals surface area contributed by atoms with Gasteiger partial charge in [-0.05, 0) is 36.6 Å². The maximum atomic E-state index is 5.69. The summed E-state index contributed by atoms with van der Waals surface area (Å²) >= 11 is 0. The highest BCUT2D eigenvalue weighted by Gasteiger charge is 2.13. The number of rotatable bonds is 9. The molecule has 1 fully saturated rings. The number of hydrogen-bond acceptors (Lipinski definition) is 7. The van der Waals surface area contributed by atoms with E-state index >= 15 is 0 Å². The molecule has 0 atom stereocenters. The topological polar surface area (TPSA) is 76.8 Å². The van der Waals surface area contributed by atoms with Gasteiger partial charge in [-0.15, -0.1) is 0 Å². The lowest BCUT2D eigenvalue weighted by Gasteiger charge is -2.16. The van der Waals surface area contributed by atoms with Gasteiger partial charge in [0.05, 0.1) is 24.2 Å². The number of ether oxygens (including phenoxy) is 2. The minimum atomic E-state index is 0.508. The molecule has 4 aromatic rings. The van der Waals surface area contributed by atoms with E-state index in [0.717, 1.165) is 52.8 Å². The third-order valence-corrected chi connectivity index (χ3v) is 5.81. The zero-order valence-electron chi connectivity index (χ0n) is 18.8. The lowest BCUT2D eigenvalue weighted by molar-refractivity contribution is 0.146. The average Bonchev–Trinajstić information content (AvgIpc) is 3.54. The van der Waals surface area contributed by atoms with Crippen LogP contribution in [0.2, 0.25) is 0 Å². The smallest absolute Gasteiger partial charge is 0.140 e. The van der Waals surface area contributed by atoms with Crippen LogP contribution in [0.25, 0.3) is 16.9 Å². The van der Waals surface area contributed by atoms with Crippen LogP contribution in [0.1, 0.15) is 18.4 Å². The monoisotopic (exact) mass is 444 g/mol. The van der Waals surface area contributed by atoms with Crippen molar-refractivity contribution in [3.8, 4) is 17.0 Å². The number of methoxy groups -OCH3 is 1. The predicted molar refractivity (Wildman–Crippen MR) is 129 cm³/mol. The SMILES string of the molecule is COCCOc1ccn2c(-c3cncc(NCc4ccc(N5CCCC5)nc4)c3)cnc2c1. The van der Waals surface area contributed by atoms with Crippen LogP contribution < -0.4 is 15.0 Å². The fourth-order valence-corrected chi connectivity index (χ4v) is 4.04. The molecule has 170 valence electrons. The van der Waals surface area contributed by atoms with Crippen LogP contribution in [0.15, 0.2) is 61.3 Å². The zero-order valence-corrected chi connectivity index (χ0v) is 18.8. The van der Waals surface area contributed by atoms with Gasteiger partial charge in [-0.25, -0.2) is 9.97 Å². The van der Waals surface area contributed by atoms with Crippen molar-refractivity contribution in [2.75, 3.05) is 43.6 Å². The van der Waals surface area contributed by atoms with Crippen molar-refractivity contribution in [2.24, 2.45) is 0 Å². The molecule has 33 heavy (non-hydrogen) atoms. The molecule has 8 heteroatoms. The van der Waals surface area contributed by atoms with Gasteiger partial charge in [-0.1, -0.05) is 6.07 Å². The third kappa shape index (κ3) is 4.90. The van der Waals surface area contributed by atoms with Crippen molar-refractivity contribution in [2.45, 2.75) is 19.4 Å². The third-order valence-electron chi connectivity index (χ3n) is 5.81. The summed E-state index contributed by atoms with van der Waals surface area (Å²) in [4.78, 5) is 15.9. The molecule has 0 spiro atoms. The largest absolute Gasteiger partial charge is 0.491 e. The van der Waals surface area contributed by atoms with Gasteiger partial charge in [0, 0.05) is 63.2 Å². The molecule has 0 radical (unpaired) electrons. The molecule has 8 nitrogen and oxygen atoms in total. The number of imidazole rings is 1. The fourth-order valence-electron chi connectivity index (χ4n) is 4.04. The van der Waals surface area contributed by atoms with E-state index in [4.69, 9.17) is 9.47 Å². The Kier molecular flexibility index (Phi) is 6.34. The van der Waals surface area contributed by atoms with E-state index in [2.05, 4.69) is 43.4 Å². The van der Waals surface area contributed by atoms with E-state index < -0.39 is 0 Å². The molecule has 5 rings (SSSR count). The van der Waals surface area contributed by atoms with E-state index in [1.54, 1.807) is 7.11 Å². The van der Waals surface area contributed by atoms with Gasteiger partial charge in [0.25, 0.3) is 0 Å². The molecule has 0 aromatic carbocycles. The van der Waals surface area contributed by atoms with E-state index in [-0.39, 0.29) is 0 Å². The Labute approximate surface area is 193 Å². The first-order valence-corrected chi connectivity index (χ1v) is 11.3. The molecule has 0 saturated carbocycles. The first-order valence-electron chi connectivity index (χ1n) is 11.3. The number of anilines is 2. The molecule has 1 saturated heterocycles. The van der Waals surface area contributed by atoms with Crippen LogP contribution in [0, 0.1) is 0 Å². The molecule has 4 aromatic heterocycles. The number of nitrogens with zero attached hydrogens (tertiary/aromatic N) is 5. The number of fused-ring (bicyclic) bond motifs is 1. The second-order valence-electron chi connectivity index (χ2n) is 8.11. The van der Waals surface area contributed by atoms with Crippen molar-refractivity contribution in [1.82, 2.24) is 19.4 Å². The summed E-state index contributed by atoms with van der Waals surface area (Å²) in [5.41, 5.74) is 4.87. The summed E-state index contributed by atoms with van der Waals surface area (Å²) in [6.07, 6.45) is 12.0. The van der Waals surface area contributed by atoms with Crippen molar-refractivity contribution in [3.05, 3.63) is 66.9 Å². The minimum absolute atomic E-state index is 0.508. The van der Waals surface area contributed by atoms with Crippen LogP contribution in [0.3, 0.4) is 0 Å². The van der Waals surface area contributed by atoms with Crippen LogP contribution in [-0.4, -0.2) is 52.8 Å². The molecule has 1 N–H and O–H groups in total. The Morgan fingerprint density at radius 2 is 1.88 bits per heavy atom. The van der Waals surface area contributed by atoms with Gasteiger partial charge < -0.3 is 19.7 Å². The maximum absolute atomic E-state index is 5.69. The van der Waals surface area contributed by atoms with Gasteiger partial charge in [0.2, 0.25) is 0 Å². The first-order chi connectivity index (χ1) is 16.3. The summed E-state index contributed by atoms with van der Waals surface area (Å²) in [6.45, 7) is 3.96. The van der Waals surface area contributed by atoms with E-state index in [0.29, 0.717) is 19.8 Å². The molecular weight excluding hydrogens is 416 g/mol. The summed E-state index contributed by atoms with van der Waals surface area (Å²) in [5, 5.41) is 3.46. The molecule has 1 aliphatic rings. The highest BCUT2D eigenvalue weighted by molar-refractivity contribution is 5.67. The van der Waals surface area contributed by atoms with E-state index in [1.807, 2.05) is 47.5 Å². The molecule has 1 aliphatic heterocycles. The number of nitrogens with one attached hydrogen (secondary N) is 1. The molecule has 0 bridgehead atoms. The predicted octanol–water partition coefficient (Wildman–Crippen LogP) is 4.03. The number of aromatic nitrogens is 4. The van der Waals surface area contributed by atoms with Gasteiger partial charge in [0.1, 0.15) is 23.8 Å². The zero-order chi connectivity index (χ0) is 22.5. The number of pyridine rings is 3. The second kappa shape index (κ2) is 9.87. The Morgan fingerprint density at radius 1 is 0.970 bits per heavy atom. The second-order valence-corrected chi connectivity index (χ2v) is 8.11. The Hall–Kier alpha value is -3.65. The van der Waals surface area contributed by atoms with Crippen molar-refractivity contribution >= 4 is 17.2 Å². The lowest BCUT2D eigenvalue weighted by Crippen LogP contribution is -2.18. The highest BCUT2D eigenvalue weighted by atomic mass is 16.5. The van der Waals surface area contributed by atoms with E-state index in [9.17, 15) is 0 Å². The maximum Gasteiger partial charge on any atom is 0.140 e. The minimum Gasteiger partial charge on any atom is -0.491 e. The molecule has 0 aliphatic carbocycles. The van der Waals surface area contributed by atoms with Gasteiger partial charge in [-0.3, -0.25) is 9.38 Å².